The standard InChI is InChI=1S/C13H17Cl2NO3/c1-8(2)7-18-3-4-19-13(17)9-5-10(14)12(15)11(16)6-9/h5-6,8H,3-4,7,16H2,1-2H3. The van der Waals surface area contributed by atoms with Gasteiger partial charge in [-0.1, -0.05) is 37.0 Å². The molecule has 0 radical (unpaired) electrons. The Hall–Kier alpha value is -0.970. The number of hydrogen-bond donors (Lipinski definition) is 1. The molecule has 1 aromatic carbocycles. The molecule has 0 bridgehead atoms. The van der Waals surface area contributed by atoms with Crippen molar-refractivity contribution >= 4 is 34.9 Å². The van der Waals surface area contributed by atoms with E-state index in [4.69, 9.17) is 38.4 Å². The monoisotopic (exact) mass is 305 g/mol. The molecule has 1 aromatic rings. The molecule has 19 heavy (non-hydrogen) atoms. The van der Waals surface area contributed by atoms with Crippen LogP contribution in [0.4, 0.5) is 5.69 Å². The van der Waals surface area contributed by atoms with Crippen LogP contribution in [0.2, 0.25) is 10.0 Å². The molecule has 0 aromatic heterocycles. The van der Waals surface area contributed by atoms with E-state index < -0.39 is 5.97 Å². The topological polar surface area (TPSA) is 61.5 Å². The summed E-state index contributed by atoms with van der Waals surface area (Å²) in [4.78, 5) is 11.7. The van der Waals surface area contributed by atoms with Gasteiger partial charge < -0.3 is 15.2 Å². The second-order valence-corrected chi connectivity index (χ2v) is 5.25. The molecule has 0 aliphatic rings. The SMILES string of the molecule is CC(C)COCCOC(=O)c1cc(N)c(Cl)c(Cl)c1. The van der Waals surface area contributed by atoms with Crippen LogP contribution in [0.25, 0.3) is 0 Å². The minimum Gasteiger partial charge on any atom is -0.460 e. The number of benzene rings is 1. The Morgan fingerprint density at radius 1 is 1.32 bits per heavy atom. The molecule has 0 unspecified atom stereocenters. The van der Waals surface area contributed by atoms with Gasteiger partial charge in [-0.15, -0.1) is 0 Å². The van der Waals surface area contributed by atoms with Gasteiger partial charge in [0.15, 0.2) is 0 Å². The van der Waals surface area contributed by atoms with Crippen LogP contribution in [-0.4, -0.2) is 25.8 Å². The van der Waals surface area contributed by atoms with Crippen molar-refractivity contribution in [2.24, 2.45) is 5.92 Å². The predicted molar refractivity (Wildman–Crippen MR) is 76.8 cm³/mol. The summed E-state index contributed by atoms with van der Waals surface area (Å²) in [5, 5.41) is 0.461. The van der Waals surface area contributed by atoms with Gasteiger partial charge in [-0.2, -0.15) is 0 Å². The van der Waals surface area contributed by atoms with Gasteiger partial charge in [0, 0.05) is 6.61 Å². The van der Waals surface area contributed by atoms with E-state index in [0.717, 1.165) is 0 Å². The fourth-order valence-corrected chi connectivity index (χ4v) is 1.66. The number of esters is 1. The first-order chi connectivity index (χ1) is 8.91. The van der Waals surface area contributed by atoms with Crippen LogP contribution in [0, 0.1) is 5.92 Å². The van der Waals surface area contributed by atoms with Crippen LogP contribution in [0.3, 0.4) is 0 Å². The molecule has 0 heterocycles. The molecule has 2 N–H and O–H groups in total. The second-order valence-electron chi connectivity index (χ2n) is 4.47. The lowest BCUT2D eigenvalue weighted by Crippen LogP contribution is -2.13. The first kappa shape index (κ1) is 16.1. The highest BCUT2D eigenvalue weighted by atomic mass is 35.5. The maximum Gasteiger partial charge on any atom is 0.338 e. The van der Waals surface area contributed by atoms with E-state index in [1.807, 2.05) is 13.8 Å². The Labute approximate surface area is 122 Å². The Balaban J connectivity index is 2.46. The lowest BCUT2D eigenvalue weighted by molar-refractivity contribution is 0.0277. The molecule has 0 saturated carbocycles. The number of hydrogen-bond acceptors (Lipinski definition) is 4. The molecule has 0 saturated heterocycles. The third kappa shape index (κ3) is 5.27. The molecule has 0 atom stereocenters. The van der Waals surface area contributed by atoms with Gasteiger partial charge in [-0.25, -0.2) is 4.79 Å². The third-order valence-corrected chi connectivity index (χ3v) is 3.02. The Morgan fingerprint density at radius 3 is 2.58 bits per heavy atom. The highest BCUT2D eigenvalue weighted by Gasteiger charge is 2.12. The van der Waals surface area contributed by atoms with Crippen LogP contribution >= 0.6 is 23.2 Å². The molecule has 0 spiro atoms. The summed E-state index contributed by atoms with van der Waals surface area (Å²) in [5.74, 6) is -0.0519. The number of carbonyl (C=O) groups excluding carboxylic acids is 1. The number of ether oxygens (including phenoxy) is 2. The van der Waals surface area contributed by atoms with Crippen molar-refractivity contribution < 1.29 is 14.3 Å². The molecule has 0 aliphatic carbocycles. The minimum absolute atomic E-state index is 0.186. The number of halogens is 2. The second kappa shape index (κ2) is 7.58. The van der Waals surface area contributed by atoms with Crippen LogP contribution < -0.4 is 5.73 Å². The van der Waals surface area contributed by atoms with Crippen molar-refractivity contribution in [2.45, 2.75) is 13.8 Å². The van der Waals surface area contributed by atoms with Crippen molar-refractivity contribution in [1.29, 1.82) is 0 Å². The smallest absolute Gasteiger partial charge is 0.338 e. The van der Waals surface area contributed by atoms with Crippen molar-refractivity contribution in [3.8, 4) is 0 Å². The molecule has 0 aliphatic heterocycles. The van der Waals surface area contributed by atoms with E-state index in [0.29, 0.717) is 19.1 Å². The number of anilines is 1. The van der Waals surface area contributed by atoms with Gasteiger partial charge >= 0.3 is 5.97 Å². The van der Waals surface area contributed by atoms with Gasteiger partial charge in [0.1, 0.15) is 6.61 Å². The highest BCUT2D eigenvalue weighted by molar-refractivity contribution is 6.43. The molecule has 1 rings (SSSR count). The van der Waals surface area contributed by atoms with Gasteiger partial charge in [-0.3, -0.25) is 0 Å². The average Bonchev–Trinajstić information content (AvgIpc) is 2.34. The number of carbonyl (C=O) groups is 1. The predicted octanol–water partition coefficient (Wildman–Crippen LogP) is 3.41. The van der Waals surface area contributed by atoms with Crippen LogP contribution in [0.15, 0.2) is 12.1 Å². The zero-order valence-electron chi connectivity index (χ0n) is 10.9. The Kier molecular flexibility index (Phi) is 6.42. The van der Waals surface area contributed by atoms with Gasteiger partial charge in [0.05, 0.1) is 27.9 Å². The number of nitrogen functional groups attached to an aromatic ring is 1. The minimum atomic E-state index is -0.501. The quantitative estimate of drug-likeness (QED) is 0.497. The van der Waals surface area contributed by atoms with Crippen LogP contribution in [-0.2, 0) is 9.47 Å². The lowest BCUT2D eigenvalue weighted by atomic mass is 10.2. The van der Waals surface area contributed by atoms with E-state index in [1.165, 1.54) is 12.1 Å². The van der Waals surface area contributed by atoms with E-state index in [9.17, 15) is 4.79 Å². The first-order valence-electron chi connectivity index (χ1n) is 5.91. The summed E-state index contributed by atoms with van der Waals surface area (Å²) in [5.41, 5.74) is 6.14. The average molecular weight is 306 g/mol. The van der Waals surface area contributed by atoms with E-state index >= 15 is 0 Å². The molecule has 4 nitrogen and oxygen atoms in total. The van der Waals surface area contributed by atoms with Gasteiger partial charge in [0.2, 0.25) is 0 Å². The Morgan fingerprint density at radius 2 is 2.00 bits per heavy atom. The molecule has 0 fully saturated rings. The first-order valence-corrected chi connectivity index (χ1v) is 6.66. The fraction of sp³-hybridized carbons (Fsp3) is 0.462. The largest absolute Gasteiger partial charge is 0.460 e. The summed E-state index contributed by atoms with van der Waals surface area (Å²) in [6.45, 7) is 5.28. The van der Waals surface area contributed by atoms with Crippen molar-refractivity contribution in [2.75, 3.05) is 25.6 Å². The highest BCUT2D eigenvalue weighted by Crippen LogP contribution is 2.29. The van der Waals surface area contributed by atoms with Crippen LogP contribution in [0.1, 0.15) is 24.2 Å². The molecule has 106 valence electrons. The fourth-order valence-electron chi connectivity index (χ4n) is 1.32. The normalized spacial score (nSPS) is 10.8. The zero-order valence-corrected chi connectivity index (χ0v) is 12.4. The molecule has 6 heteroatoms. The summed E-state index contributed by atoms with van der Waals surface area (Å²) >= 11 is 11.6. The van der Waals surface area contributed by atoms with Gasteiger partial charge in [0.25, 0.3) is 0 Å². The third-order valence-electron chi connectivity index (χ3n) is 2.20. The van der Waals surface area contributed by atoms with Crippen LogP contribution in [0.5, 0.6) is 0 Å². The van der Waals surface area contributed by atoms with Crippen molar-refractivity contribution in [3.05, 3.63) is 27.7 Å². The maximum atomic E-state index is 11.7. The summed E-state index contributed by atoms with van der Waals surface area (Å²) in [6, 6.07) is 2.86. The van der Waals surface area contributed by atoms with Crippen molar-refractivity contribution in [3.63, 3.8) is 0 Å². The molecule has 0 amide bonds. The number of rotatable bonds is 6. The van der Waals surface area contributed by atoms with E-state index in [2.05, 4.69) is 0 Å². The molecular formula is C13H17Cl2NO3. The lowest BCUT2D eigenvalue weighted by Gasteiger charge is -2.09. The van der Waals surface area contributed by atoms with E-state index in [1.54, 1.807) is 0 Å². The van der Waals surface area contributed by atoms with Crippen molar-refractivity contribution in [1.82, 2.24) is 0 Å². The summed E-state index contributed by atoms with van der Waals surface area (Å²) in [7, 11) is 0. The Bertz CT molecular complexity index is 427. The summed E-state index contributed by atoms with van der Waals surface area (Å²) < 4.78 is 10.3. The van der Waals surface area contributed by atoms with Gasteiger partial charge in [-0.05, 0) is 18.1 Å². The number of nitrogens with two attached hydrogens (primary N) is 1. The summed E-state index contributed by atoms with van der Waals surface area (Å²) in [6.07, 6.45) is 0. The molecular weight excluding hydrogens is 289 g/mol. The zero-order chi connectivity index (χ0) is 14.4. The maximum absolute atomic E-state index is 11.7. The van der Waals surface area contributed by atoms with E-state index in [-0.39, 0.29) is 27.9 Å².